The van der Waals surface area contributed by atoms with Crippen LogP contribution in [0.1, 0.15) is 60.2 Å². The number of pyridine rings is 1. The van der Waals surface area contributed by atoms with Crippen molar-refractivity contribution >= 4 is 0 Å². The van der Waals surface area contributed by atoms with Crippen molar-refractivity contribution < 1.29 is 0 Å². The fourth-order valence-corrected chi connectivity index (χ4v) is 4.19. The summed E-state index contributed by atoms with van der Waals surface area (Å²) in [7, 11) is 2.22. The summed E-state index contributed by atoms with van der Waals surface area (Å²) in [5.41, 5.74) is 5.33. The van der Waals surface area contributed by atoms with Gasteiger partial charge in [0.2, 0.25) is 0 Å². The molecule has 1 fully saturated rings. The van der Waals surface area contributed by atoms with Gasteiger partial charge in [0.15, 0.2) is 0 Å². The van der Waals surface area contributed by atoms with Crippen LogP contribution < -0.4 is 0 Å². The number of likely N-dealkylation sites (tertiary alicyclic amines) is 1. The van der Waals surface area contributed by atoms with Crippen LogP contribution in [0.4, 0.5) is 0 Å². The number of rotatable bonds is 3. The second kappa shape index (κ2) is 6.08. The lowest BCUT2D eigenvalue weighted by Gasteiger charge is -2.24. The van der Waals surface area contributed by atoms with Gasteiger partial charge in [-0.2, -0.15) is 0 Å². The third-order valence-corrected chi connectivity index (χ3v) is 5.54. The summed E-state index contributed by atoms with van der Waals surface area (Å²) in [4.78, 5) is 12.2. The Hall–Kier alpha value is -1.68. The van der Waals surface area contributed by atoms with Gasteiger partial charge in [-0.15, -0.1) is 0 Å². The van der Waals surface area contributed by atoms with E-state index in [-0.39, 0.29) is 0 Å². The van der Waals surface area contributed by atoms with Crippen molar-refractivity contribution in [2.75, 3.05) is 6.54 Å². The fourth-order valence-electron chi connectivity index (χ4n) is 4.19. The second-order valence-electron chi connectivity index (χ2n) is 7.03. The molecular formula is C19H26N4. The molecule has 122 valence electrons. The Morgan fingerprint density at radius 2 is 2.09 bits per heavy atom. The number of hydrogen-bond acceptors (Lipinski definition) is 3. The standard InChI is InChI=1S/C19H26N4/c1-14-7-5-11-20-16(14)13-23-12-6-10-18(23)19-21-15-8-3-4-9-17(15)22(19)2/h5,7,11,18H,3-4,6,8-10,12-13H2,1-2H3/t18-/m1/s1. The highest BCUT2D eigenvalue weighted by molar-refractivity contribution is 5.23. The molecule has 1 saturated heterocycles. The Balaban J connectivity index is 1.61. The predicted octanol–water partition coefficient (Wildman–Crippen LogP) is 3.34. The van der Waals surface area contributed by atoms with Crippen LogP contribution in [0, 0.1) is 6.92 Å². The molecule has 3 heterocycles. The minimum absolute atomic E-state index is 0.451. The summed E-state index contributed by atoms with van der Waals surface area (Å²) in [6, 6.07) is 4.63. The lowest BCUT2D eigenvalue weighted by molar-refractivity contribution is 0.233. The van der Waals surface area contributed by atoms with E-state index in [1.54, 1.807) is 0 Å². The molecule has 1 aliphatic heterocycles. The lowest BCUT2D eigenvalue weighted by Crippen LogP contribution is -2.26. The highest BCUT2D eigenvalue weighted by atomic mass is 15.2. The van der Waals surface area contributed by atoms with Crippen molar-refractivity contribution in [2.45, 2.75) is 58.0 Å². The molecule has 0 amide bonds. The Kier molecular flexibility index (Phi) is 3.93. The molecule has 2 aromatic heterocycles. The van der Waals surface area contributed by atoms with Crippen molar-refractivity contribution in [3.8, 4) is 0 Å². The van der Waals surface area contributed by atoms with E-state index in [0.29, 0.717) is 6.04 Å². The predicted molar refractivity (Wildman–Crippen MR) is 91.2 cm³/mol. The van der Waals surface area contributed by atoms with E-state index in [4.69, 9.17) is 4.98 Å². The molecule has 23 heavy (non-hydrogen) atoms. The molecular weight excluding hydrogens is 284 g/mol. The van der Waals surface area contributed by atoms with Gasteiger partial charge >= 0.3 is 0 Å². The monoisotopic (exact) mass is 310 g/mol. The van der Waals surface area contributed by atoms with Crippen LogP contribution in [-0.4, -0.2) is 26.0 Å². The molecule has 1 atom stereocenters. The zero-order chi connectivity index (χ0) is 15.8. The Morgan fingerprint density at radius 1 is 1.22 bits per heavy atom. The van der Waals surface area contributed by atoms with Crippen molar-refractivity contribution in [1.29, 1.82) is 0 Å². The largest absolute Gasteiger partial charge is 0.334 e. The van der Waals surface area contributed by atoms with Gasteiger partial charge in [0.05, 0.1) is 17.4 Å². The number of fused-ring (bicyclic) bond motifs is 1. The van der Waals surface area contributed by atoms with Crippen LogP contribution in [-0.2, 0) is 26.4 Å². The maximum atomic E-state index is 5.05. The van der Waals surface area contributed by atoms with Gasteiger partial charge in [-0.3, -0.25) is 9.88 Å². The van der Waals surface area contributed by atoms with E-state index < -0.39 is 0 Å². The minimum atomic E-state index is 0.451. The van der Waals surface area contributed by atoms with E-state index in [1.165, 1.54) is 60.6 Å². The van der Waals surface area contributed by atoms with Crippen LogP contribution in [0.5, 0.6) is 0 Å². The quantitative estimate of drug-likeness (QED) is 0.872. The molecule has 0 saturated carbocycles. The van der Waals surface area contributed by atoms with E-state index in [0.717, 1.165) is 19.5 Å². The number of nitrogens with zero attached hydrogens (tertiary/aromatic N) is 4. The van der Waals surface area contributed by atoms with E-state index in [9.17, 15) is 0 Å². The molecule has 4 nitrogen and oxygen atoms in total. The van der Waals surface area contributed by atoms with Crippen molar-refractivity contribution in [1.82, 2.24) is 19.4 Å². The smallest absolute Gasteiger partial charge is 0.126 e. The lowest BCUT2D eigenvalue weighted by atomic mass is 10.0. The second-order valence-corrected chi connectivity index (χ2v) is 7.03. The van der Waals surface area contributed by atoms with Crippen molar-refractivity contribution in [3.63, 3.8) is 0 Å². The summed E-state index contributed by atoms with van der Waals surface area (Å²) in [5.74, 6) is 1.28. The highest BCUT2D eigenvalue weighted by Crippen LogP contribution is 2.34. The molecule has 0 radical (unpaired) electrons. The number of aryl methyl sites for hydroxylation is 2. The van der Waals surface area contributed by atoms with Gasteiger partial charge in [0.25, 0.3) is 0 Å². The SMILES string of the molecule is Cc1cccnc1CN1CCC[C@@H]1c1nc2c(n1C)CCCC2. The zero-order valence-electron chi connectivity index (χ0n) is 14.3. The molecule has 4 heteroatoms. The van der Waals surface area contributed by atoms with E-state index in [2.05, 4.69) is 34.5 Å². The summed E-state index contributed by atoms with van der Waals surface area (Å²) >= 11 is 0. The van der Waals surface area contributed by atoms with Crippen LogP contribution in [0.25, 0.3) is 0 Å². The zero-order valence-corrected chi connectivity index (χ0v) is 14.3. The van der Waals surface area contributed by atoms with Crippen LogP contribution in [0.3, 0.4) is 0 Å². The molecule has 1 aliphatic carbocycles. The molecule has 0 bridgehead atoms. The van der Waals surface area contributed by atoms with Crippen molar-refractivity contribution in [2.24, 2.45) is 7.05 Å². The first-order valence-electron chi connectivity index (χ1n) is 8.93. The summed E-state index contributed by atoms with van der Waals surface area (Å²) in [5, 5.41) is 0. The molecule has 2 aliphatic rings. The van der Waals surface area contributed by atoms with Gasteiger partial charge in [-0.25, -0.2) is 4.98 Å². The highest BCUT2D eigenvalue weighted by Gasteiger charge is 2.31. The van der Waals surface area contributed by atoms with Gasteiger partial charge < -0.3 is 4.57 Å². The van der Waals surface area contributed by atoms with Crippen LogP contribution in [0.15, 0.2) is 18.3 Å². The van der Waals surface area contributed by atoms with Crippen LogP contribution >= 0.6 is 0 Å². The average Bonchev–Trinajstić information content (AvgIpc) is 3.14. The van der Waals surface area contributed by atoms with E-state index in [1.807, 2.05) is 12.3 Å². The number of imidazole rings is 1. The van der Waals surface area contributed by atoms with Crippen LogP contribution in [0.2, 0.25) is 0 Å². The normalized spacial score (nSPS) is 21.6. The van der Waals surface area contributed by atoms with Gasteiger partial charge in [-0.05, 0) is 63.6 Å². The number of aromatic nitrogens is 3. The summed E-state index contributed by atoms with van der Waals surface area (Å²) in [6.07, 6.45) is 9.36. The maximum Gasteiger partial charge on any atom is 0.126 e. The third-order valence-electron chi connectivity index (χ3n) is 5.54. The number of hydrogen-bond donors (Lipinski definition) is 0. The fraction of sp³-hybridized carbons (Fsp3) is 0.579. The molecule has 0 aromatic carbocycles. The first-order chi connectivity index (χ1) is 11.2. The average molecular weight is 310 g/mol. The first kappa shape index (κ1) is 14.9. The topological polar surface area (TPSA) is 34.0 Å². The molecule has 0 N–H and O–H groups in total. The maximum absolute atomic E-state index is 5.05. The Bertz CT molecular complexity index is 703. The third kappa shape index (κ3) is 2.69. The van der Waals surface area contributed by atoms with E-state index >= 15 is 0 Å². The van der Waals surface area contributed by atoms with Gasteiger partial charge in [-0.1, -0.05) is 6.07 Å². The first-order valence-corrected chi connectivity index (χ1v) is 8.93. The summed E-state index contributed by atoms with van der Waals surface area (Å²) in [6.45, 7) is 4.25. The minimum Gasteiger partial charge on any atom is -0.334 e. The molecule has 4 rings (SSSR count). The van der Waals surface area contributed by atoms with Crippen molar-refractivity contribution in [3.05, 3.63) is 46.8 Å². The van der Waals surface area contributed by atoms with Gasteiger partial charge in [0.1, 0.15) is 5.82 Å². The Morgan fingerprint density at radius 3 is 2.91 bits per heavy atom. The Labute approximate surface area is 138 Å². The summed E-state index contributed by atoms with van der Waals surface area (Å²) < 4.78 is 2.39. The molecule has 2 aromatic rings. The van der Waals surface area contributed by atoms with Gasteiger partial charge in [0, 0.05) is 25.5 Å². The molecule has 0 unspecified atom stereocenters. The molecule has 0 spiro atoms.